The fourth-order valence-corrected chi connectivity index (χ4v) is 3.13. The SMILES string of the molecule is CCC1CCC(N(C)C(=O)c2cscn2)CC1. The normalized spacial score (nSPS) is 24.6. The van der Waals surface area contributed by atoms with Gasteiger partial charge in [-0.05, 0) is 31.6 Å². The molecular weight excluding hydrogens is 232 g/mol. The number of nitrogens with zero attached hydrogens (tertiary/aromatic N) is 2. The van der Waals surface area contributed by atoms with E-state index in [0.29, 0.717) is 11.7 Å². The highest BCUT2D eigenvalue weighted by atomic mass is 32.1. The summed E-state index contributed by atoms with van der Waals surface area (Å²) in [4.78, 5) is 18.1. The fraction of sp³-hybridized carbons (Fsp3) is 0.692. The molecule has 0 aliphatic heterocycles. The van der Waals surface area contributed by atoms with Crippen LogP contribution in [0.5, 0.6) is 0 Å². The monoisotopic (exact) mass is 252 g/mol. The molecule has 94 valence electrons. The van der Waals surface area contributed by atoms with Crippen LogP contribution in [0.4, 0.5) is 0 Å². The van der Waals surface area contributed by atoms with Crippen LogP contribution in [-0.4, -0.2) is 28.9 Å². The Labute approximate surface area is 107 Å². The molecule has 0 unspecified atom stereocenters. The maximum absolute atomic E-state index is 12.1. The molecule has 0 aromatic carbocycles. The van der Waals surface area contributed by atoms with Crippen molar-refractivity contribution < 1.29 is 4.79 Å². The Bertz CT molecular complexity index is 356. The molecular formula is C13H20N2OS. The second-order valence-corrected chi connectivity index (χ2v) is 5.59. The van der Waals surface area contributed by atoms with Crippen molar-refractivity contribution >= 4 is 17.2 Å². The van der Waals surface area contributed by atoms with Crippen LogP contribution in [0.15, 0.2) is 10.9 Å². The second kappa shape index (κ2) is 5.63. The van der Waals surface area contributed by atoms with Gasteiger partial charge in [-0.2, -0.15) is 0 Å². The molecule has 1 aliphatic carbocycles. The summed E-state index contributed by atoms with van der Waals surface area (Å²) in [6, 6.07) is 0.409. The van der Waals surface area contributed by atoms with Gasteiger partial charge < -0.3 is 4.90 Å². The molecule has 1 amide bonds. The van der Waals surface area contributed by atoms with E-state index in [1.807, 2.05) is 17.3 Å². The van der Waals surface area contributed by atoms with E-state index in [-0.39, 0.29) is 5.91 Å². The minimum Gasteiger partial charge on any atom is -0.337 e. The van der Waals surface area contributed by atoms with Gasteiger partial charge >= 0.3 is 0 Å². The minimum atomic E-state index is 0.0752. The summed E-state index contributed by atoms with van der Waals surface area (Å²) in [5, 5.41) is 1.83. The summed E-state index contributed by atoms with van der Waals surface area (Å²) in [7, 11) is 1.92. The van der Waals surface area contributed by atoms with Gasteiger partial charge in [-0.15, -0.1) is 11.3 Å². The summed E-state index contributed by atoms with van der Waals surface area (Å²) in [5.41, 5.74) is 2.31. The number of rotatable bonds is 3. The number of carbonyl (C=O) groups excluding carboxylic acids is 1. The van der Waals surface area contributed by atoms with Crippen LogP contribution >= 0.6 is 11.3 Å². The molecule has 0 bridgehead atoms. The lowest BCUT2D eigenvalue weighted by atomic mass is 9.84. The number of thiazole rings is 1. The number of aromatic nitrogens is 1. The van der Waals surface area contributed by atoms with E-state index >= 15 is 0 Å². The van der Waals surface area contributed by atoms with Crippen LogP contribution in [0.25, 0.3) is 0 Å². The molecule has 2 rings (SSSR count). The minimum absolute atomic E-state index is 0.0752. The van der Waals surface area contributed by atoms with Gasteiger partial charge in [0.1, 0.15) is 5.69 Å². The van der Waals surface area contributed by atoms with Crippen molar-refractivity contribution in [2.45, 2.75) is 45.1 Å². The highest BCUT2D eigenvalue weighted by Gasteiger charge is 2.26. The van der Waals surface area contributed by atoms with Gasteiger partial charge in [0.25, 0.3) is 5.91 Å². The Hall–Kier alpha value is -0.900. The molecule has 4 heteroatoms. The van der Waals surface area contributed by atoms with Crippen molar-refractivity contribution in [3.63, 3.8) is 0 Å². The third-order valence-corrected chi connectivity index (χ3v) is 4.50. The van der Waals surface area contributed by atoms with Crippen LogP contribution in [0.3, 0.4) is 0 Å². The van der Waals surface area contributed by atoms with Gasteiger partial charge in [-0.3, -0.25) is 4.79 Å². The van der Waals surface area contributed by atoms with Gasteiger partial charge in [0, 0.05) is 18.5 Å². The molecule has 0 saturated heterocycles. The molecule has 1 aromatic heterocycles. The van der Waals surface area contributed by atoms with Crippen molar-refractivity contribution in [1.29, 1.82) is 0 Å². The second-order valence-electron chi connectivity index (χ2n) is 4.87. The van der Waals surface area contributed by atoms with Crippen LogP contribution in [-0.2, 0) is 0 Å². The lowest BCUT2D eigenvalue weighted by Gasteiger charge is -2.34. The lowest BCUT2D eigenvalue weighted by molar-refractivity contribution is 0.0669. The number of carbonyl (C=O) groups is 1. The predicted octanol–water partition coefficient (Wildman–Crippen LogP) is 3.18. The fourth-order valence-electron chi connectivity index (χ4n) is 2.61. The van der Waals surface area contributed by atoms with Gasteiger partial charge in [0.05, 0.1) is 5.51 Å². The largest absolute Gasteiger partial charge is 0.337 e. The molecule has 0 N–H and O–H groups in total. The maximum atomic E-state index is 12.1. The Morgan fingerprint density at radius 3 is 2.71 bits per heavy atom. The maximum Gasteiger partial charge on any atom is 0.273 e. The number of hydrogen-bond acceptors (Lipinski definition) is 3. The highest BCUT2D eigenvalue weighted by molar-refractivity contribution is 7.07. The summed E-state index contributed by atoms with van der Waals surface area (Å²) < 4.78 is 0. The third-order valence-electron chi connectivity index (χ3n) is 3.91. The Morgan fingerprint density at radius 1 is 1.47 bits per heavy atom. The van der Waals surface area contributed by atoms with Crippen LogP contribution in [0.2, 0.25) is 0 Å². The zero-order valence-electron chi connectivity index (χ0n) is 10.6. The first-order valence-corrected chi connectivity index (χ1v) is 7.32. The predicted molar refractivity (Wildman–Crippen MR) is 70.2 cm³/mol. The van der Waals surface area contributed by atoms with Crippen LogP contribution < -0.4 is 0 Å². The van der Waals surface area contributed by atoms with Crippen molar-refractivity contribution in [1.82, 2.24) is 9.88 Å². The van der Waals surface area contributed by atoms with Crippen molar-refractivity contribution in [2.75, 3.05) is 7.05 Å². The standard InChI is InChI=1S/C13H20N2OS/c1-3-10-4-6-11(7-5-10)15(2)13(16)12-8-17-9-14-12/h8-11H,3-7H2,1-2H3. The Kier molecular flexibility index (Phi) is 4.15. The van der Waals surface area contributed by atoms with E-state index in [1.165, 1.54) is 30.6 Å². The average Bonchev–Trinajstić information content (AvgIpc) is 2.91. The molecule has 1 aliphatic rings. The summed E-state index contributed by atoms with van der Waals surface area (Å²) in [5.74, 6) is 0.945. The zero-order valence-corrected chi connectivity index (χ0v) is 11.4. The Morgan fingerprint density at radius 2 is 2.18 bits per heavy atom. The first-order valence-electron chi connectivity index (χ1n) is 6.37. The van der Waals surface area contributed by atoms with Crippen molar-refractivity contribution in [3.05, 3.63) is 16.6 Å². The topological polar surface area (TPSA) is 33.2 Å². The van der Waals surface area contributed by atoms with Crippen LogP contribution in [0.1, 0.15) is 49.5 Å². The molecule has 0 radical (unpaired) electrons. The smallest absolute Gasteiger partial charge is 0.273 e. The summed E-state index contributed by atoms with van der Waals surface area (Å²) in [6.07, 6.45) is 6.08. The first-order chi connectivity index (χ1) is 8.22. The average molecular weight is 252 g/mol. The third kappa shape index (κ3) is 2.86. The molecule has 17 heavy (non-hydrogen) atoms. The van der Waals surface area contributed by atoms with E-state index in [9.17, 15) is 4.79 Å². The van der Waals surface area contributed by atoms with E-state index in [2.05, 4.69) is 11.9 Å². The van der Waals surface area contributed by atoms with Crippen molar-refractivity contribution in [2.24, 2.45) is 5.92 Å². The van der Waals surface area contributed by atoms with Crippen molar-refractivity contribution in [3.8, 4) is 0 Å². The number of hydrogen-bond donors (Lipinski definition) is 0. The molecule has 1 heterocycles. The molecule has 1 aromatic rings. The lowest BCUT2D eigenvalue weighted by Crippen LogP contribution is -2.39. The zero-order chi connectivity index (χ0) is 12.3. The highest BCUT2D eigenvalue weighted by Crippen LogP contribution is 2.29. The molecule has 1 saturated carbocycles. The van der Waals surface area contributed by atoms with Gasteiger partial charge in [-0.25, -0.2) is 4.98 Å². The Balaban J connectivity index is 1.92. The molecule has 3 nitrogen and oxygen atoms in total. The number of amides is 1. The molecule has 1 fully saturated rings. The summed E-state index contributed by atoms with van der Waals surface area (Å²) in [6.45, 7) is 2.26. The quantitative estimate of drug-likeness (QED) is 0.827. The first kappa shape index (κ1) is 12.6. The van der Waals surface area contributed by atoms with E-state index in [1.54, 1.807) is 5.51 Å². The molecule has 0 atom stereocenters. The van der Waals surface area contributed by atoms with E-state index in [0.717, 1.165) is 18.8 Å². The molecule has 0 spiro atoms. The van der Waals surface area contributed by atoms with E-state index in [4.69, 9.17) is 0 Å². The van der Waals surface area contributed by atoms with Gasteiger partial charge in [0.2, 0.25) is 0 Å². The van der Waals surface area contributed by atoms with Crippen LogP contribution in [0, 0.1) is 5.92 Å². The van der Waals surface area contributed by atoms with Gasteiger partial charge in [-0.1, -0.05) is 13.3 Å². The van der Waals surface area contributed by atoms with E-state index < -0.39 is 0 Å². The van der Waals surface area contributed by atoms with Gasteiger partial charge in [0.15, 0.2) is 0 Å². The summed E-state index contributed by atoms with van der Waals surface area (Å²) >= 11 is 1.48.